The molecule has 2 atom stereocenters. The van der Waals surface area contributed by atoms with E-state index in [9.17, 15) is 0 Å². The lowest BCUT2D eigenvalue weighted by Gasteiger charge is -2.38. The van der Waals surface area contributed by atoms with Crippen LogP contribution in [-0.4, -0.2) is 36.6 Å². The minimum Gasteiger partial charge on any atom is -0.314 e. The summed E-state index contributed by atoms with van der Waals surface area (Å²) in [7, 11) is 2.35. The number of nitrogens with one attached hydrogen (secondary N) is 1. The fraction of sp³-hybridized carbons (Fsp3) is 1.00. The normalized spacial score (nSPS) is 35.4. The Hall–Kier alpha value is -0.0800. The third kappa shape index (κ3) is 2.29. The van der Waals surface area contributed by atoms with Crippen LogP contribution in [0, 0.1) is 0 Å². The molecule has 1 N–H and O–H groups in total. The molecule has 2 unspecified atom stereocenters. The first kappa shape index (κ1) is 10.4. The van der Waals surface area contributed by atoms with E-state index in [4.69, 9.17) is 0 Å². The van der Waals surface area contributed by atoms with Crippen molar-refractivity contribution in [2.45, 2.75) is 63.6 Å². The third-order valence-electron chi connectivity index (χ3n) is 4.07. The highest BCUT2D eigenvalue weighted by Gasteiger charge is 2.28. The van der Waals surface area contributed by atoms with Gasteiger partial charge in [-0.1, -0.05) is 12.8 Å². The number of rotatable bonds is 2. The lowest BCUT2D eigenvalue weighted by molar-refractivity contribution is 0.131. The molecule has 0 aromatic carbocycles. The number of hydrogen-bond donors (Lipinski definition) is 1. The van der Waals surface area contributed by atoms with Gasteiger partial charge in [0, 0.05) is 18.1 Å². The van der Waals surface area contributed by atoms with Crippen molar-refractivity contribution in [2.24, 2.45) is 0 Å². The highest BCUT2D eigenvalue weighted by Crippen LogP contribution is 2.26. The van der Waals surface area contributed by atoms with Gasteiger partial charge in [0.25, 0.3) is 0 Å². The Bertz CT molecular complexity index is 175. The molecular formula is C12H24N2. The largest absolute Gasteiger partial charge is 0.314 e. The first-order chi connectivity index (χ1) is 6.77. The van der Waals surface area contributed by atoms with Crippen LogP contribution < -0.4 is 5.32 Å². The molecule has 2 nitrogen and oxygen atoms in total. The van der Waals surface area contributed by atoms with E-state index in [1.54, 1.807) is 0 Å². The molecule has 0 bridgehead atoms. The number of nitrogens with zero attached hydrogens (tertiary/aromatic N) is 1. The second kappa shape index (κ2) is 4.63. The van der Waals surface area contributed by atoms with Crippen LogP contribution in [0.5, 0.6) is 0 Å². The van der Waals surface area contributed by atoms with E-state index in [1.165, 1.54) is 45.1 Å². The lowest BCUT2D eigenvalue weighted by Crippen LogP contribution is -2.48. The first-order valence-electron chi connectivity index (χ1n) is 6.22. The van der Waals surface area contributed by atoms with Crippen molar-refractivity contribution in [1.82, 2.24) is 10.2 Å². The summed E-state index contributed by atoms with van der Waals surface area (Å²) in [5.74, 6) is 0. The maximum absolute atomic E-state index is 3.53. The van der Waals surface area contributed by atoms with E-state index in [-0.39, 0.29) is 0 Å². The molecule has 82 valence electrons. The molecule has 2 heteroatoms. The van der Waals surface area contributed by atoms with Gasteiger partial charge in [-0.15, -0.1) is 0 Å². The second-order valence-electron chi connectivity index (χ2n) is 5.14. The van der Waals surface area contributed by atoms with Gasteiger partial charge in [-0.25, -0.2) is 0 Å². The topological polar surface area (TPSA) is 15.3 Å². The Morgan fingerprint density at radius 1 is 1.07 bits per heavy atom. The van der Waals surface area contributed by atoms with Crippen molar-refractivity contribution < 1.29 is 0 Å². The van der Waals surface area contributed by atoms with E-state index in [1.807, 2.05) is 0 Å². The second-order valence-corrected chi connectivity index (χ2v) is 5.14. The van der Waals surface area contributed by atoms with Crippen LogP contribution in [0.4, 0.5) is 0 Å². The van der Waals surface area contributed by atoms with Gasteiger partial charge in [0.2, 0.25) is 0 Å². The molecule has 0 spiro atoms. The van der Waals surface area contributed by atoms with Crippen molar-refractivity contribution in [2.75, 3.05) is 13.6 Å². The van der Waals surface area contributed by atoms with Gasteiger partial charge in [-0.3, -0.25) is 0 Å². The Balaban J connectivity index is 1.86. The van der Waals surface area contributed by atoms with E-state index >= 15 is 0 Å². The fourth-order valence-corrected chi connectivity index (χ4v) is 3.09. The maximum atomic E-state index is 3.53. The van der Waals surface area contributed by atoms with Crippen LogP contribution in [0.2, 0.25) is 0 Å². The molecular weight excluding hydrogens is 172 g/mol. The molecule has 14 heavy (non-hydrogen) atoms. The van der Waals surface area contributed by atoms with E-state index in [2.05, 4.69) is 24.2 Å². The minimum absolute atomic E-state index is 0.720. The summed E-state index contributed by atoms with van der Waals surface area (Å²) in [6.45, 7) is 3.53. The Morgan fingerprint density at radius 3 is 2.43 bits per heavy atom. The van der Waals surface area contributed by atoms with Gasteiger partial charge >= 0.3 is 0 Å². The molecule has 1 saturated heterocycles. The van der Waals surface area contributed by atoms with Crippen molar-refractivity contribution in [3.63, 3.8) is 0 Å². The van der Waals surface area contributed by atoms with Gasteiger partial charge in [-0.2, -0.15) is 0 Å². The van der Waals surface area contributed by atoms with Crippen molar-refractivity contribution in [1.29, 1.82) is 0 Å². The summed E-state index contributed by atoms with van der Waals surface area (Å²) in [5, 5.41) is 3.53. The zero-order chi connectivity index (χ0) is 9.97. The third-order valence-corrected chi connectivity index (χ3v) is 4.07. The van der Waals surface area contributed by atoms with Crippen molar-refractivity contribution in [3.8, 4) is 0 Å². The maximum Gasteiger partial charge on any atom is 0.0122 e. The smallest absolute Gasteiger partial charge is 0.0122 e. The summed E-state index contributed by atoms with van der Waals surface area (Å²) < 4.78 is 0. The number of piperidine rings is 1. The van der Waals surface area contributed by atoms with E-state index in [0.29, 0.717) is 0 Å². The van der Waals surface area contributed by atoms with Gasteiger partial charge in [-0.05, 0) is 46.2 Å². The molecule has 2 aliphatic rings. The molecule has 2 fully saturated rings. The van der Waals surface area contributed by atoms with Gasteiger partial charge in [0.15, 0.2) is 0 Å². The molecule has 1 saturated carbocycles. The van der Waals surface area contributed by atoms with Crippen molar-refractivity contribution >= 4 is 0 Å². The molecule has 0 aromatic heterocycles. The first-order valence-corrected chi connectivity index (χ1v) is 6.22. The van der Waals surface area contributed by atoms with Crippen LogP contribution in [0.25, 0.3) is 0 Å². The minimum atomic E-state index is 0.720. The van der Waals surface area contributed by atoms with Gasteiger partial charge in [0.05, 0.1) is 0 Å². The van der Waals surface area contributed by atoms with Gasteiger partial charge in [0.1, 0.15) is 0 Å². The molecule has 0 aromatic rings. The SMILES string of the molecule is CC1CC(N(C)C2CCCC2)CCN1. The highest BCUT2D eigenvalue weighted by atomic mass is 15.2. The monoisotopic (exact) mass is 196 g/mol. The number of hydrogen-bond acceptors (Lipinski definition) is 2. The van der Waals surface area contributed by atoms with Crippen LogP contribution >= 0.6 is 0 Å². The quantitative estimate of drug-likeness (QED) is 0.726. The molecule has 1 aliphatic heterocycles. The highest BCUT2D eigenvalue weighted by molar-refractivity contribution is 4.85. The molecule has 1 heterocycles. The molecule has 2 rings (SSSR count). The van der Waals surface area contributed by atoms with Crippen LogP contribution in [0.1, 0.15) is 45.4 Å². The summed E-state index contributed by atoms with van der Waals surface area (Å²) in [6, 6.07) is 2.46. The Morgan fingerprint density at radius 2 is 1.79 bits per heavy atom. The predicted octanol–water partition coefficient (Wildman–Crippen LogP) is 2.00. The zero-order valence-corrected chi connectivity index (χ0v) is 9.63. The van der Waals surface area contributed by atoms with Crippen molar-refractivity contribution in [3.05, 3.63) is 0 Å². The molecule has 1 aliphatic carbocycles. The standard InChI is InChI=1S/C12H24N2/c1-10-9-12(7-8-13-10)14(2)11-5-3-4-6-11/h10-13H,3-9H2,1-2H3. The van der Waals surface area contributed by atoms with Crippen LogP contribution in [0.3, 0.4) is 0 Å². The van der Waals surface area contributed by atoms with Crippen LogP contribution in [0.15, 0.2) is 0 Å². The Kier molecular flexibility index (Phi) is 3.45. The molecule has 0 radical (unpaired) electrons. The Labute approximate surface area is 88.1 Å². The average molecular weight is 196 g/mol. The average Bonchev–Trinajstić information content (AvgIpc) is 2.69. The summed E-state index contributed by atoms with van der Waals surface area (Å²) in [6.07, 6.45) is 8.47. The van der Waals surface area contributed by atoms with Crippen LogP contribution in [-0.2, 0) is 0 Å². The zero-order valence-electron chi connectivity index (χ0n) is 9.63. The van der Waals surface area contributed by atoms with E-state index in [0.717, 1.165) is 18.1 Å². The molecule has 0 amide bonds. The summed E-state index contributed by atoms with van der Waals surface area (Å²) in [5.41, 5.74) is 0. The summed E-state index contributed by atoms with van der Waals surface area (Å²) in [4.78, 5) is 2.67. The lowest BCUT2D eigenvalue weighted by atomic mass is 9.98. The predicted molar refractivity (Wildman–Crippen MR) is 60.5 cm³/mol. The van der Waals surface area contributed by atoms with Gasteiger partial charge < -0.3 is 10.2 Å². The van der Waals surface area contributed by atoms with E-state index < -0.39 is 0 Å². The fourth-order valence-electron chi connectivity index (χ4n) is 3.09. The summed E-state index contributed by atoms with van der Waals surface area (Å²) >= 11 is 0.